The van der Waals surface area contributed by atoms with Crippen LogP contribution in [-0.4, -0.2) is 62.2 Å². The number of ether oxygens (including phenoxy) is 1. The smallest absolute Gasteiger partial charge is 0.328 e. The van der Waals surface area contributed by atoms with E-state index in [4.69, 9.17) is 14.7 Å². The Labute approximate surface area is 176 Å². The maximum absolute atomic E-state index is 9.53. The number of hydrogen-bond donors (Lipinski definition) is 2. The van der Waals surface area contributed by atoms with Gasteiger partial charge < -0.3 is 29.5 Å². The molecule has 0 radical (unpaired) electrons. The van der Waals surface area contributed by atoms with E-state index in [0.717, 1.165) is 49.7 Å². The quantitative estimate of drug-likeness (QED) is 0.257. The highest BCUT2D eigenvalue weighted by Gasteiger charge is 2.13. The molecule has 0 amide bonds. The summed E-state index contributed by atoms with van der Waals surface area (Å²) >= 11 is 3.35. The van der Waals surface area contributed by atoms with Crippen LogP contribution < -0.4 is 10.0 Å². The third kappa shape index (κ3) is 9.01. The second-order valence-corrected chi connectivity index (χ2v) is 7.46. The van der Waals surface area contributed by atoms with Gasteiger partial charge in [-0.1, -0.05) is 5.16 Å². The monoisotopic (exact) mass is 438 g/mol. The van der Waals surface area contributed by atoms with Gasteiger partial charge in [0, 0.05) is 28.0 Å². The van der Waals surface area contributed by atoms with E-state index in [1.165, 1.54) is 4.90 Å². The van der Waals surface area contributed by atoms with Crippen LogP contribution in [0, 0.1) is 0 Å². The Morgan fingerprint density at radius 3 is 2.24 bits per heavy atom. The number of thiophene rings is 2. The molecular weight excluding hydrogens is 416 g/mol. The molecule has 156 valence electrons. The van der Waals surface area contributed by atoms with Gasteiger partial charge in [-0.15, -0.1) is 0 Å². The summed E-state index contributed by atoms with van der Waals surface area (Å²) in [7, 11) is 0. The number of nitrogens with zero attached hydrogens (tertiary/aromatic N) is 1. The molecule has 1 fully saturated rings. The fourth-order valence-corrected chi connectivity index (χ4v) is 3.70. The Balaban J connectivity index is 0.000000321. The number of carbonyl (C=O) groups is 2. The summed E-state index contributed by atoms with van der Waals surface area (Å²) in [6.07, 6.45) is 0.942. The number of oxime groups is 1. The summed E-state index contributed by atoms with van der Waals surface area (Å²) in [6, 6.07) is 4.16. The molecule has 29 heavy (non-hydrogen) atoms. The van der Waals surface area contributed by atoms with Gasteiger partial charge in [0.15, 0.2) is 6.61 Å². The summed E-state index contributed by atoms with van der Waals surface area (Å²) in [4.78, 5) is 26.1. The second kappa shape index (κ2) is 12.8. The molecule has 3 heterocycles. The lowest BCUT2D eigenvalue weighted by atomic mass is 10.1. The summed E-state index contributed by atoms with van der Waals surface area (Å²) in [6.45, 7) is 5.46. The van der Waals surface area contributed by atoms with Crippen LogP contribution in [0.5, 0.6) is 0 Å². The minimum Gasteiger partial charge on any atom is -0.545 e. The van der Waals surface area contributed by atoms with Crippen LogP contribution in [-0.2, 0) is 19.2 Å². The van der Waals surface area contributed by atoms with Gasteiger partial charge >= 0.3 is 5.97 Å². The Kier molecular flexibility index (Phi) is 10.1. The van der Waals surface area contributed by atoms with Crippen molar-refractivity contribution in [2.45, 2.75) is 0 Å². The first-order valence-electron chi connectivity index (χ1n) is 8.84. The first-order chi connectivity index (χ1) is 14.1. The third-order valence-corrected chi connectivity index (χ3v) is 5.22. The molecule has 1 saturated heterocycles. The lowest BCUT2D eigenvalue weighted by Gasteiger charge is -2.22. The third-order valence-electron chi connectivity index (χ3n) is 3.85. The zero-order valence-corrected chi connectivity index (χ0v) is 17.2. The van der Waals surface area contributed by atoms with Crippen molar-refractivity contribution < 1.29 is 34.3 Å². The van der Waals surface area contributed by atoms with Crippen molar-refractivity contribution in [3.63, 3.8) is 0 Å². The van der Waals surface area contributed by atoms with E-state index >= 15 is 0 Å². The van der Waals surface area contributed by atoms with Gasteiger partial charge in [-0.05, 0) is 29.0 Å². The molecule has 0 aliphatic carbocycles. The molecule has 2 N–H and O–H groups in total. The van der Waals surface area contributed by atoms with E-state index in [1.807, 2.05) is 0 Å². The predicted octanol–water partition coefficient (Wildman–Crippen LogP) is -0.129. The van der Waals surface area contributed by atoms with E-state index in [9.17, 15) is 14.7 Å². The molecule has 2 aromatic heterocycles. The summed E-state index contributed by atoms with van der Waals surface area (Å²) < 4.78 is 5.36. The van der Waals surface area contributed by atoms with Gasteiger partial charge in [-0.2, -0.15) is 22.7 Å². The highest BCUT2D eigenvalue weighted by atomic mass is 32.1. The lowest BCUT2D eigenvalue weighted by Crippen LogP contribution is -3.14. The maximum Gasteiger partial charge on any atom is 0.328 e. The number of hydrogen-bond acceptors (Lipinski definition) is 8. The summed E-state index contributed by atoms with van der Waals surface area (Å²) in [5.41, 5.74) is 3.17. The number of quaternary nitrogens is 1. The van der Waals surface area contributed by atoms with Crippen molar-refractivity contribution in [3.05, 3.63) is 56.9 Å². The summed E-state index contributed by atoms with van der Waals surface area (Å²) in [5.74, 6) is -2.80. The van der Waals surface area contributed by atoms with Crippen LogP contribution in [0.25, 0.3) is 0 Å². The van der Waals surface area contributed by atoms with E-state index in [2.05, 4.69) is 38.8 Å². The topological polar surface area (TPSA) is 113 Å². The number of carbonyl (C=O) groups excluding carboxylic acids is 1. The van der Waals surface area contributed by atoms with Gasteiger partial charge in [-0.25, -0.2) is 4.79 Å². The summed E-state index contributed by atoms with van der Waals surface area (Å²) in [5, 5.41) is 29.9. The van der Waals surface area contributed by atoms with Gasteiger partial charge in [0.2, 0.25) is 0 Å². The van der Waals surface area contributed by atoms with Crippen molar-refractivity contribution >= 4 is 40.3 Å². The minimum absolute atomic E-state index is 0.447. The fourth-order valence-electron chi connectivity index (χ4n) is 2.42. The standard InChI is InChI=1S/C15H18N2O2S2.C4H4O4/c1-9-20-11-13(1)15(14-2-10-21-12-14)16-19-8-5-17-3-6-18-7-4-17;5-3(6)1-2-4(7)8/h1-2,9-12H,3-8H2;1-2H,(H,5,6)(H,7,8)/b;2-1+. The first kappa shape index (κ1) is 22.8. The molecule has 0 unspecified atom stereocenters. The molecule has 1 aliphatic rings. The van der Waals surface area contributed by atoms with Gasteiger partial charge in [0.25, 0.3) is 0 Å². The van der Waals surface area contributed by atoms with Gasteiger partial charge in [0.1, 0.15) is 25.3 Å². The number of rotatable bonds is 8. The van der Waals surface area contributed by atoms with Crippen LogP contribution in [0.3, 0.4) is 0 Å². The highest BCUT2D eigenvalue weighted by molar-refractivity contribution is 7.08. The SMILES string of the molecule is O=C([O-])/C=C/C(=O)O.c1cc(C(=NOCC[NH+]2CCOCC2)c2ccsc2)cs1. The average molecular weight is 439 g/mol. The van der Waals surface area contributed by atoms with Crippen molar-refractivity contribution in [1.82, 2.24) is 0 Å². The molecule has 2 aromatic rings. The number of carboxylic acids is 2. The van der Waals surface area contributed by atoms with E-state index in [0.29, 0.717) is 18.8 Å². The zero-order chi connectivity index (χ0) is 20.9. The molecule has 8 nitrogen and oxygen atoms in total. The highest BCUT2D eigenvalue weighted by Crippen LogP contribution is 2.16. The first-order valence-corrected chi connectivity index (χ1v) is 10.7. The van der Waals surface area contributed by atoms with E-state index in [1.54, 1.807) is 22.7 Å². The molecule has 0 atom stereocenters. The molecule has 10 heteroatoms. The molecule has 0 spiro atoms. The van der Waals surface area contributed by atoms with Crippen LogP contribution in [0.4, 0.5) is 0 Å². The molecule has 0 saturated carbocycles. The molecule has 1 aliphatic heterocycles. The second-order valence-electron chi connectivity index (χ2n) is 5.90. The normalized spacial score (nSPS) is 14.1. The molecule has 3 rings (SSSR count). The van der Waals surface area contributed by atoms with Crippen LogP contribution in [0.15, 0.2) is 51.0 Å². The number of morpholine rings is 1. The largest absolute Gasteiger partial charge is 0.545 e. The van der Waals surface area contributed by atoms with Crippen LogP contribution in [0.1, 0.15) is 11.1 Å². The number of nitrogens with one attached hydrogen (secondary N) is 1. The zero-order valence-electron chi connectivity index (χ0n) is 15.6. The molecule has 0 aromatic carbocycles. The van der Waals surface area contributed by atoms with Gasteiger partial charge in [0.05, 0.1) is 19.2 Å². The van der Waals surface area contributed by atoms with E-state index in [-0.39, 0.29) is 0 Å². The van der Waals surface area contributed by atoms with Crippen molar-refractivity contribution in [2.24, 2.45) is 5.16 Å². The average Bonchev–Trinajstić information content (AvgIpc) is 3.42. The Hall–Kier alpha value is -2.53. The van der Waals surface area contributed by atoms with Crippen LogP contribution in [0.2, 0.25) is 0 Å². The van der Waals surface area contributed by atoms with Crippen molar-refractivity contribution in [2.75, 3.05) is 39.5 Å². The maximum atomic E-state index is 9.53. The minimum atomic E-state index is -1.51. The number of aliphatic carboxylic acids is 2. The van der Waals surface area contributed by atoms with Crippen molar-refractivity contribution in [1.29, 1.82) is 0 Å². The molecular formula is C19H22N2O6S2. The lowest BCUT2D eigenvalue weighted by molar-refractivity contribution is -0.908. The Bertz CT molecular complexity index is 745. The Morgan fingerprint density at radius 1 is 1.17 bits per heavy atom. The van der Waals surface area contributed by atoms with Gasteiger partial charge in [-0.3, -0.25) is 0 Å². The van der Waals surface area contributed by atoms with E-state index < -0.39 is 11.9 Å². The van der Waals surface area contributed by atoms with Crippen LogP contribution >= 0.6 is 22.7 Å². The molecule has 0 bridgehead atoms. The Morgan fingerprint density at radius 2 is 1.79 bits per heavy atom. The number of carboxylic acid groups (broad SMARTS) is 2. The predicted molar refractivity (Wildman–Crippen MR) is 108 cm³/mol. The fraction of sp³-hybridized carbons (Fsp3) is 0.316. The van der Waals surface area contributed by atoms with Crippen molar-refractivity contribution in [3.8, 4) is 0 Å².